The minimum atomic E-state index is -1.49. The molecule has 0 aromatic rings. The lowest BCUT2D eigenvalue weighted by Gasteiger charge is -2.19. The molecule has 2 atom stereocenters. The van der Waals surface area contributed by atoms with Crippen LogP contribution in [0.1, 0.15) is 6.92 Å². The van der Waals surface area contributed by atoms with Crippen molar-refractivity contribution in [2.75, 3.05) is 20.1 Å². The molecule has 0 aliphatic carbocycles. The quantitative estimate of drug-likeness (QED) is 0.489. The fourth-order valence-corrected chi connectivity index (χ4v) is 1.58. The average Bonchev–Trinajstić information content (AvgIpc) is 2.52. The number of carboxylic acid groups (broad SMARTS) is 1. The lowest BCUT2D eigenvalue weighted by atomic mass is 10.2. The first-order valence-electron chi connectivity index (χ1n) is 5.49. The summed E-state index contributed by atoms with van der Waals surface area (Å²) in [6, 6.07) is -2.11. The minimum Gasteiger partial charge on any atom is -0.480 e. The van der Waals surface area contributed by atoms with Crippen molar-refractivity contribution >= 4 is 23.8 Å². The normalized spacial score (nSPS) is 18.5. The number of hydrogen-bond acceptors (Lipinski definition) is 5. The summed E-state index contributed by atoms with van der Waals surface area (Å²) in [5.41, 5.74) is 0. The van der Waals surface area contributed by atoms with Gasteiger partial charge in [0.05, 0.1) is 6.10 Å². The van der Waals surface area contributed by atoms with Gasteiger partial charge in [-0.05, 0) is 6.92 Å². The molecule has 0 radical (unpaired) electrons. The number of imide groups is 1. The molecule has 9 nitrogen and oxygen atoms in total. The fraction of sp³-hybridized carbons (Fsp3) is 0.600. The van der Waals surface area contributed by atoms with E-state index < -0.39 is 42.5 Å². The minimum absolute atomic E-state index is 0.120. The maximum atomic E-state index is 11.6. The Bertz CT molecular complexity index is 421. The molecule has 1 heterocycles. The summed E-state index contributed by atoms with van der Waals surface area (Å²) < 4.78 is 0. The average molecular weight is 273 g/mol. The number of rotatable bonds is 5. The molecule has 0 spiro atoms. The van der Waals surface area contributed by atoms with E-state index >= 15 is 0 Å². The number of carbonyl (C=O) groups excluding carboxylic acids is 3. The van der Waals surface area contributed by atoms with Crippen molar-refractivity contribution in [2.24, 2.45) is 0 Å². The molecule has 1 fully saturated rings. The Morgan fingerprint density at radius 1 is 1.42 bits per heavy atom. The molecule has 1 rings (SSSR count). The highest BCUT2D eigenvalue weighted by atomic mass is 16.4. The molecule has 1 aliphatic heterocycles. The molecule has 0 saturated carbocycles. The Morgan fingerprint density at radius 2 is 2.00 bits per heavy atom. The van der Waals surface area contributed by atoms with Crippen LogP contribution in [-0.2, 0) is 14.4 Å². The number of urea groups is 1. The van der Waals surface area contributed by atoms with Crippen LogP contribution in [0.25, 0.3) is 0 Å². The van der Waals surface area contributed by atoms with Crippen molar-refractivity contribution in [2.45, 2.75) is 19.1 Å². The maximum Gasteiger partial charge on any atom is 0.328 e. The van der Waals surface area contributed by atoms with E-state index in [1.54, 1.807) is 0 Å². The van der Waals surface area contributed by atoms with E-state index in [1.165, 1.54) is 14.0 Å². The Kier molecular flexibility index (Phi) is 4.43. The second kappa shape index (κ2) is 5.65. The lowest BCUT2D eigenvalue weighted by molar-refractivity contribution is -0.145. The molecular weight excluding hydrogens is 258 g/mol. The van der Waals surface area contributed by atoms with Gasteiger partial charge in [0.1, 0.15) is 13.1 Å². The first-order valence-corrected chi connectivity index (χ1v) is 5.49. The number of carboxylic acids is 1. The number of nitrogens with zero attached hydrogens (tertiary/aromatic N) is 2. The van der Waals surface area contributed by atoms with Gasteiger partial charge in [0.2, 0.25) is 5.91 Å². The molecule has 1 saturated heterocycles. The van der Waals surface area contributed by atoms with Gasteiger partial charge in [0.25, 0.3) is 5.91 Å². The number of carbonyl (C=O) groups is 4. The first kappa shape index (κ1) is 14.9. The molecule has 9 heteroatoms. The second-order valence-corrected chi connectivity index (χ2v) is 4.24. The van der Waals surface area contributed by atoms with E-state index in [2.05, 4.69) is 0 Å². The number of nitrogens with one attached hydrogen (secondary N) is 1. The third-order valence-electron chi connectivity index (χ3n) is 2.60. The molecule has 19 heavy (non-hydrogen) atoms. The number of aliphatic carboxylic acids is 1. The summed E-state index contributed by atoms with van der Waals surface area (Å²) in [6.07, 6.45) is -1.30. The number of hydrogen-bond donors (Lipinski definition) is 3. The summed E-state index contributed by atoms with van der Waals surface area (Å²) in [4.78, 5) is 47.1. The monoisotopic (exact) mass is 273 g/mol. The zero-order chi connectivity index (χ0) is 14.7. The van der Waals surface area contributed by atoms with Gasteiger partial charge in [-0.25, -0.2) is 9.59 Å². The third-order valence-corrected chi connectivity index (χ3v) is 2.60. The number of amides is 4. The summed E-state index contributed by atoms with van der Waals surface area (Å²) in [5.74, 6) is -2.77. The lowest BCUT2D eigenvalue weighted by Crippen LogP contribution is -2.51. The van der Waals surface area contributed by atoms with Crippen LogP contribution in [0.4, 0.5) is 4.79 Å². The predicted molar refractivity (Wildman–Crippen MR) is 61.0 cm³/mol. The zero-order valence-electron chi connectivity index (χ0n) is 10.5. The van der Waals surface area contributed by atoms with Crippen LogP contribution < -0.4 is 5.32 Å². The van der Waals surface area contributed by atoms with Crippen LogP contribution in [0.15, 0.2) is 0 Å². The molecule has 4 amide bonds. The summed E-state index contributed by atoms with van der Waals surface area (Å²) in [7, 11) is 1.41. The van der Waals surface area contributed by atoms with Crippen molar-refractivity contribution < 1.29 is 29.4 Å². The van der Waals surface area contributed by atoms with E-state index in [9.17, 15) is 24.3 Å². The van der Waals surface area contributed by atoms with Crippen LogP contribution in [0.5, 0.6) is 0 Å². The van der Waals surface area contributed by atoms with Crippen molar-refractivity contribution in [1.29, 1.82) is 0 Å². The number of aliphatic hydroxyl groups excluding tert-OH is 1. The number of likely N-dealkylation sites (N-methyl/N-ethyl adjacent to an activating group) is 1. The molecule has 0 unspecified atom stereocenters. The molecule has 1 aliphatic rings. The SMILES string of the molecule is C[C@@H](O)[C@H](NC(=O)CN1C(=O)CN(C)C1=O)C(=O)O. The van der Waals surface area contributed by atoms with Crippen LogP contribution >= 0.6 is 0 Å². The zero-order valence-corrected chi connectivity index (χ0v) is 10.5. The Balaban J connectivity index is 2.63. The second-order valence-electron chi connectivity index (χ2n) is 4.24. The Hall–Kier alpha value is -2.16. The molecular formula is C10H15N3O6. The highest BCUT2D eigenvalue weighted by Gasteiger charge is 2.35. The molecule has 106 valence electrons. The van der Waals surface area contributed by atoms with Crippen molar-refractivity contribution in [3.8, 4) is 0 Å². The van der Waals surface area contributed by atoms with Crippen LogP contribution in [0.2, 0.25) is 0 Å². The smallest absolute Gasteiger partial charge is 0.328 e. The van der Waals surface area contributed by atoms with E-state index in [-0.39, 0.29) is 6.54 Å². The predicted octanol–water partition coefficient (Wildman–Crippen LogP) is -2.17. The fourth-order valence-electron chi connectivity index (χ4n) is 1.58. The van der Waals surface area contributed by atoms with Gasteiger partial charge >= 0.3 is 12.0 Å². The summed E-state index contributed by atoms with van der Waals surface area (Å²) >= 11 is 0. The highest BCUT2D eigenvalue weighted by Crippen LogP contribution is 2.07. The summed E-state index contributed by atoms with van der Waals surface area (Å²) in [5, 5.41) is 20.0. The topological polar surface area (TPSA) is 127 Å². The summed E-state index contributed by atoms with van der Waals surface area (Å²) in [6.45, 7) is 0.516. The van der Waals surface area contributed by atoms with Crippen LogP contribution in [0.3, 0.4) is 0 Å². The van der Waals surface area contributed by atoms with E-state index in [0.717, 1.165) is 9.80 Å². The molecule has 0 bridgehead atoms. The first-order chi connectivity index (χ1) is 8.73. The molecule has 0 aromatic carbocycles. The van der Waals surface area contributed by atoms with Gasteiger partial charge < -0.3 is 20.4 Å². The Morgan fingerprint density at radius 3 is 2.37 bits per heavy atom. The molecule has 0 aromatic heterocycles. The van der Waals surface area contributed by atoms with Gasteiger partial charge in [-0.2, -0.15) is 0 Å². The van der Waals surface area contributed by atoms with Crippen LogP contribution in [-0.4, -0.2) is 76.1 Å². The van der Waals surface area contributed by atoms with E-state index in [1.807, 2.05) is 5.32 Å². The molecule has 3 N–H and O–H groups in total. The van der Waals surface area contributed by atoms with Gasteiger partial charge in [-0.1, -0.05) is 0 Å². The van der Waals surface area contributed by atoms with Gasteiger partial charge in [0, 0.05) is 7.05 Å². The van der Waals surface area contributed by atoms with Crippen molar-refractivity contribution in [1.82, 2.24) is 15.1 Å². The van der Waals surface area contributed by atoms with Gasteiger partial charge in [-0.3, -0.25) is 14.5 Å². The van der Waals surface area contributed by atoms with Crippen molar-refractivity contribution in [3.63, 3.8) is 0 Å². The third kappa shape index (κ3) is 3.41. The Labute approximate surface area is 108 Å². The van der Waals surface area contributed by atoms with Gasteiger partial charge in [-0.15, -0.1) is 0 Å². The highest BCUT2D eigenvalue weighted by molar-refractivity contribution is 6.04. The largest absolute Gasteiger partial charge is 0.480 e. The number of aliphatic hydroxyl groups is 1. The van der Waals surface area contributed by atoms with Crippen molar-refractivity contribution in [3.05, 3.63) is 0 Å². The van der Waals surface area contributed by atoms with E-state index in [0.29, 0.717) is 0 Å². The van der Waals surface area contributed by atoms with Crippen LogP contribution in [0, 0.1) is 0 Å². The van der Waals surface area contributed by atoms with E-state index in [4.69, 9.17) is 5.11 Å². The maximum absolute atomic E-state index is 11.6. The standard InChI is InChI=1S/C10H15N3O6/c1-5(14)8(9(17)18)11-6(15)3-13-7(16)4-12(2)10(13)19/h5,8,14H,3-4H2,1-2H3,(H,11,15)(H,17,18)/t5-,8+/m1/s1. The van der Waals surface area contributed by atoms with Gasteiger partial charge in [0.15, 0.2) is 6.04 Å².